The standard InChI is InChI=1S/C5H10O2.C5H12O2.C2H4O2/c1-5(2,3)4(6)7;1-5(2,3-6)4-7;1-2(3)4/h1-3H3,(H,6,7);6-7H,3-4H2,1-2H3;1H3,(H,3,4). The van der Waals surface area contributed by atoms with Crippen molar-refractivity contribution in [2.75, 3.05) is 13.2 Å². The van der Waals surface area contributed by atoms with Gasteiger partial charge in [-0.1, -0.05) is 13.8 Å². The molecule has 0 rings (SSSR count). The van der Waals surface area contributed by atoms with Crippen LogP contribution in [0.1, 0.15) is 41.5 Å². The van der Waals surface area contributed by atoms with Crippen molar-refractivity contribution in [3.8, 4) is 0 Å². The van der Waals surface area contributed by atoms with E-state index in [9.17, 15) is 4.79 Å². The van der Waals surface area contributed by atoms with Gasteiger partial charge in [-0.2, -0.15) is 0 Å². The highest BCUT2D eigenvalue weighted by Gasteiger charge is 2.18. The van der Waals surface area contributed by atoms with Crippen LogP contribution in [0.5, 0.6) is 0 Å². The molecule has 0 aromatic carbocycles. The van der Waals surface area contributed by atoms with Crippen LogP contribution in [0.4, 0.5) is 0 Å². The quantitative estimate of drug-likeness (QED) is 0.597. The monoisotopic (exact) mass is 266 g/mol. The second-order valence-corrected chi connectivity index (χ2v) is 5.55. The lowest BCUT2D eigenvalue weighted by Crippen LogP contribution is -2.20. The van der Waals surface area contributed by atoms with Crippen LogP contribution in [0, 0.1) is 10.8 Å². The smallest absolute Gasteiger partial charge is 0.308 e. The molecular formula is C12H26O6. The van der Waals surface area contributed by atoms with Crippen molar-refractivity contribution >= 4 is 11.9 Å². The molecule has 0 spiro atoms. The van der Waals surface area contributed by atoms with Crippen molar-refractivity contribution in [3.63, 3.8) is 0 Å². The zero-order chi connectivity index (χ0) is 15.6. The molecule has 0 radical (unpaired) electrons. The molecule has 6 nitrogen and oxygen atoms in total. The number of carbonyl (C=O) groups is 2. The number of aliphatic hydroxyl groups is 2. The Bertz CT molecular complexity index is 229. The van der Waals surface area contributed by atoms with E-state index in [4.69, 9.17) is 25.2 Å². The summed E-state index contributed by atoms with van der Waals surface area (Å²) < 4.78 is 0. The van der Waals surface area contributed by atoms with Crippen molar-refractivity contribution in [2.24, 2.45) is 10.8 Å². The third-order valence-corrected chi connectivity index (χ3v) is 1.50. The van der Waals surface area contributed by atoms with E-state index in [0.29, 0.717) is 0 Å². The van der Waals surface area contributed by atoms with Crippen LogP contribution in [-0.4, -0.2) is 45.6 Å². The maximum Gasteiger partial charge on any atom is 0.308 e. The molecule has 0 bridgehead atoms. The van der Waals surface area contributed by atoms with Gasteiger partial charge in [0.2, 0.25) is 0 Å². The van der Waals surface area contributed by atoms with Gasteiger partial charge in [0.05, 0.1) is 18.6 Å². The van der Waals surface area contributed by atoms with E-state index in [1.54, 1.807) is 34.6 Å². The van der Waals surface area contributed by atoms with E-state index in [-0.39, 0.29) is 18.6 Å². The van der Waals surface area contributed by atoms with Gasteiger partial charge < -0.3 is 20.4 Å². The SMILES string of the molecule is CC(=O)O.CC(C)(C)C(=O)O.CC(C)(CO)CO. The number of hydrogen-bond acceptors (Lipinski definition) is 4. The first kappa shape index (κ1) is 22.1. The zero-order valence-corrected chi connectivity index (χ0v) is 12.0. The molecule has 18 heavy (non-hydrogen) atoms. The molecule has 0 aliphatic rings. The van der Waals surface area contributed by atoms with Crippen LogP contribution < -0.4 is 0 Å². The van der Waals surface area contributed by atoms with Gasteiger partial charge in [-0.3, -0.25) is 9.59 Å². The van der Waals surface area contributed by atoms with Gasteiger partial charge in [0.25, 0.3) is 5.97 Å². The minimum absolute atomic E-state index is 0.0451. The molecule has 0 aliphatic carbocycles. The summed E-state index contributed by atoms with van der Waals surface area (Å²) in [5, 5.41) is 32.5. The normalized spacial score (nSPS) is 10.4. The fraction of sp³-hybridized carbons (Fsp3) is 0.833. The van der Waals surface area contributed by atoms with Gasteiger partial charge in [-0.15, -0.1) is 0 Å². The molecule has 0 unspecified atom stereocenters. The van der Waals surface area contributed by atoms with Gasteiger partial charge in [0.15, 0.2) is 0 Å². The molecular weight excluding hydrogens is 240 g/mol. The molecule has 0 heterocycles. The van der Waals surface area contributed by atoms with E-state index < -0.39 is 17.4 Å². The van der Waals surface area contributed by atoms with E-state index in [0.717, 1.165) is 6.92 Å². The lowest BCUT2D eigenvalue weighted by molar-refractivity contribution is -0.145. The van der Waals surface area contributed by atoms with Crippen LogP contribution in [0.15, 0.2) is 0 Å². The Hall–Kier alpha value is -1.14. The summed E-state index contributed by atoms with van der Waals surface area (Å²) in [6.07, 6.45) is 0. The minimum atomic E-state index is -0.833. The summed E-state index contributed by atoms with van der Waals surface area (Å²) in [6.45, 7) is 9.76. The highest BCUT2D eigenvalue weighted by atomic mass is 16.4. The lowest BCUT2D eigenvalue weighted by Gasteiger charge is -2.16. The second-order valence-electron chi connectivity index (χ2n) is 5.55. The third-order valence-electron chi connectivity index (χ3n) is 1.50. The van der Waals surface area contributed by atoms with Crippen LogP contribution in [0.25, 0.3) is 0 Å². The van der Waals surface area contributed by atoms with Gasteiger partial charge in [0, 0.05) is 12.3 Å². The van der Waals surface area contributed by atoms with Crippen molar-refractivity contribution in [1.82, 2.24) is 0 Å². The zero-order valence-electron chi connectivity index (χ0n) is 12.0. The van der Waals surface area contributed by atoms with Crippen molar-refractivity contribution in [2.45, 2.75) is 41.5 Å². The molecule has 4 N–H and O–H groups in total. The molecule has 0 saturated carbocycles. The molecule has 0 aromatic heterocycles. The summed E-state index contributed by atoms with van der Waals surface area (Å²) in [5.41, 5.74) is -0.889. The molecule has 0 atom stereocenters. The third kappa shape index (κ3) is 24.2. The largest absolute Gasteiger partial charge is 0.481 e. The number of carboxylic acid groups (broad SMARTS) is 2. The van der Waals surface area contributed by atoms with Crippen molar-refractivity contribution in [3.05, 3.63) is 0 Å². The van der Waals surface area contributed by atoms with E-state index in [1.165, 1.54) is 0 Å². The maximum atomic E-state index is 10.0. The molecule has 0 fully saturated rings. The molecule has 0 aliphatic heterocycles. The molecule has 110 valence electrons. The lowest BCUT2D eigenvalue weighted by atomic mass is 9.97. The highest BCUT2D eigenvalue weighted by molar-refractivity contribution is 5.72. The Labute approximate surface area is 108 Å². The average molecular weight is 266 g/mol. The van der Waals surface area contributed by atoms with Crippen LogP contribution in [0.3, 0.4) is 0 Å². The topological polar surface area (TPSA) is 115 Å². The van der Waals surface area contributed by atoms with Gasteiger partial charge >= 0.3 is 5.97 Å². The van der Waals surface area contributed by atoms with Crippen molar-refractivity contribution in [1.29, 1.82) is 0 Å². The number of hydrogen-bond donors (Lipinski definition) is 4. The Morgan fingerprint density at radius 3 is 1.06 bits per heavy atom. The van der Waals surface area contributed by atoms with E-state index in [1.807, 2.05) is 0 Å². The Morgan fingerprint density at radius 2 is 1.06 bits per heavy atom. The molecule has 0 saturated heterocycles. The fourth-order valence-electron chi connectivity index (χ4n) is 0.0500. The predicted molar refractivity (Wildman–Crippen MR) is 68.4 cm³/mol. The minimum Gasteiger partial charge on any atom is -0.481 e. The van der Waals surface area contributed by atoms with Crippen LogP contribution >= 0.6 is 0 Å². The van der Waals surface area contributed by atoms with Crippen molar-refractivity contribution < 1.29 is 30.0 Å². The van der Waals surface area contributed by atoms with Gasteiger partial charge in [-0.25, -0.2) is 0 Å². The first-order valence-corrected chi connectivity index (χ1v) is 5.45. The molecule has 6 heteroatoms. The first-order valence-electron chi connectivity index (χ1n) is 5.45. The van der Waals surface area contributed by atoms with Crippen LogP contribution in [-0.2, 0) is 9.59 Å². The Balaban J connectivity index is -0.000000196. The summed E-state index contributed by atoms with van der Waals surface area (Å²) in [6, 6.07) is 0. The van der Waals surface area contributed by atoms with Gasteiger partial charge in [-0.05, 0) is 20.8 Å². The van der Waals surface area contributed by atoms with E-state index in [2.05, 4.69) is 0 Å². The highest BCUT2D eigenvalue weighted by Crippen LogP contribution is 2.11. The molecule has 0 amide bonds. The summed E-state index contributed by atoms with van der Waals surface area (Å²) in [5.74, 6) is -1.59. The predicted octanol–water partition coefficient (Wildman–Crippen LogP) is 1.21. The maximum absolute atomic E-state index is 10.0. The number of carboxylic acids is 2. The Kier molecular flexibility index (Phi) is 12.1. The summed E-state index contributed by atoms with van der Waals surface area (Å²) >= 11 is 0. The average Bonchev–Trinajstić information content (AvgIpc) is 2.16. The second kappa shape index (κ2) is 9.85. The molecule has 0 aromatic rings. The summed E-state index contributed by atoms with van der Waals surface area (Å²) in [7, 11) is 0. The summed E-state index contributed by atoms with van der Waals surface area (Å²) in [4.78, 5) is 19.0. The number of aliphatic hydroxyl groups excluding tert-OH is 2. The fourth-order valence-corrected chi connectivity index (χ4v) is 0.0500. The van der Waals surface area contributed by atoms with Crippen LogP contribution in [0.2, 0.25) is 0 Å². The first-order chi connectivity index (χ1) is 7.80. The number of aliphatic carboxylic acids is 2. The number of rotatable bonds is 2. The Morgan fingerprint density at radius 1 is 0.889 bits per heavy atom. The van der Waals surface area contributed by atoms with E-state index >= 15 is 0 Å². The van der Waals surface area contributed by atoms with Gasteiger partial charge in [0.1, 0.15) is 0 Å².